The molecule has 0 saturated heterocycles. The van der Waals surface area contributed by atoms with Crippen LogP contribution in [-0.2, 0) is 11.8 Å². The number of nitrogens with zero attached hydrogens (tertiary/aromatic N) is 2. The maximum atomic E-state index is 2.52. The highest BCUT2D eigenvalue weighted by Crippen LogP contribution is 2.66. The van der Waals surface area contributed by atoms with Gasteiger partial charge < -0.3 is 9.80 Å². The van der Waals surface area contributed by atoms with Gasteiger partial charge in [0.05, 0.1) is 11.4 Å². The van der Waals surface area contributed by atoms with E-state index in [4.69, 9.17) is 0 Å². The fourth-order valence-electron chi connectivity index (χ4n) is 11.7. The topological polar surface area (TPSA) is 6.48 Å². The first-order valence-electron chi connectivity index (χ1n) is 20.9. The van der Waals surface area contributed by atoms with Crippen molar-refractivity contribution < 1.29 is 0 Å². The second kappa shape index (κ2) is 12.8. The van der Waals surface area contributed by atoms with Gasteiger partial charge >= 0.3 is 0 Å². The normalized spacial score (nSPS) is 19.9. The van der Waals surface area contributed by atoms with Crippen molar-refractivity contribution in [1.29, 1.82) is 0 Å². The number of rotatable bonds is 6. The van der Waals surface area contributed by atoms with Gasteiger partial charge in [-0.05, 0) is 124 Å². The average molecular weight is 733 g/mol. The van der Waals surface area contributed by atoms with E-state index in [1.54, 1.807) is 11.1 Å². The molecule has 3 unspecified atom stereocenters. The minimum atomic E-state index is 0.153. The van der Waals surface area contributed by atoms with Gasteiger partial charge in [0.2, 0.25) is 0 Å². The van der Waals surface area contributed by atoms with Gasteiger partial charge in [-0.25, -0.2) is 0 Å². The van der Waals surface area contributed by atoms with Crippen molar-refractivity contribution in [3.63, 3.8) is 0 Å². The van der Waals surface area contributed by atoms with E-state index in [0.717, 1.165) is 30.5 Å². The summed E-state index contributed by atoms with van der Waals surface area (Å²) in [5.74, 6) is 1.59. The van der Waals surface area contributed by atoms with Crippen LogP contribution >= 0.6 is 0 Å². The Labute approximate surface area is 335 Å². The Hall–Kier alpha value is -6.38. The van der Waals surface area contributed by atoms with Crippen molar-refractivity contribution in [2.75, 3.05) is 16.3 Å². The minimum absolute atomic E-state index is 0.153. The van der Waals surface area contributed by atoms with E-state index < -0.39 is 0 Å². The van der Waals surface area contributed by atoms with Crippen LogP contribution in [0.5, 0.6) is 0 Å². The van der Waals surface area contributed by atoms with Crippen molar-refractivity contribution >= 4 is 39.2 Å². The molecule has 0 aromatic heterocycles. The lowest BCUT2D eigenvalue weighted by Crippen LogP contribution is -2.31. The molecule has 1 aliphatic heterocycles. The zero-order valence-corrected chi connectivity index (χ0v) is 32.1. The molecule has 0 radical (unpaired) electrons. The first kappa shape index (κ1) is 32.8. The summed E-state index contributed by atoms with van der Waals surface area (Å²) in [6, 6.07) is 68.3. The van der Waals surface area contributed by atoms with Crippen molar-refractivity contribution in [3.05, 3.63) is 199 Å². The maximum Gasteiger partial charge on any atom is 0.0540 e. The fraction of sp³-hybridized carbons (Fsp3) is 0.164. The minimum Gasteiger partial charge on any atom is -0.341 e. The number of fused-ring (bicyclic) bond motifs is 10. The molecule has 0 amide bonds. The molecule has 3 atom stereocenters. The largest absolute Gasteiger partial charge is 0.341 e. The summed E-state index contributed by atoms with van der Waals surface area (Å²) in [5, 5.41) is 2.53. The number of para-hydroxylation sites is 2. The molecular formula is C55H44N2. The van der Waals surface area contributed by atoms with Crippen LogP contribution in [0.1, 0.15) is 42.4 Å². The predicted molar refractivity (Wildman–Crippen MR) is 238 cm³/mol. The quantitative estimate of drug-likeness (QED) is 0.168. The van der Waals surface area contributed by atoms with E-state index in [1.165, 1.54) is 98.1 Å². The molecule has 0 N–H and O–H groups in total. The van der Waals surface area contributed by atoms with E-state index in [-0.39, 0.29) is 5.41 Å². The maximum absolute atomic E-state index is 2.52. The van der Waals surface area contributed by atoms with Crippen molar-refractivity contribution in [2.24, 2.45) is 11.8 Å². The van der Waals surface area contributed by atoms with Gasteiger partial charge in [0.25, 0.3) is 0 Å². The Morgan fingerprint density at radius 3 is 2.07 bits per heavy atom. The lowest BCUT2D eigenvalue weighted by atomic mass is 9.66. The Morgan fingerprint density at radius 1 is 0.526 bits per heavy atom. The van der Waals surface area contributed by atoms with Gasteiger partial charge in [-0.1, -0.05) is 152 Å². The summed E-state index contributed by atoms with van der Waals surface area (Å²) < 4.78 is 0. The van der Waals surface area contributed by atoms with E-state index in [0.29, 0.717) is 0 Å². The van der Waals surface area contributed by atoms with Gasteiger partial charge in [0, 0.05) is 40.0 Å². The Kier molecular flexibility index (Phi) is 7.39. The average Bonchev–Trinajstić information content (AvgIpc) is 4.08. The van der Waals surface area contributed by atoms with E-state index in [1.807, 2.05) is 0 Å². The first-order valence-corrected chi connectivity index (χ1v) is 20.9. The van der Waals surface area contributed by atoms with Crippen LogP contribution in [0.15, 0.2) is 182 Å². The monoisotopic (exact) mass is 732 g/mol. The van der Waals surface area contributed by atoms with Gasteiger partial charge in [-0.2, -0.15) is 0 Å². The van der Waals surface area contributed by atoms with E-state index in [2.05, 4.69) is 192 Å². The molecular weight excluding hydrogens is 689 g/mol. The molecule has 2 bridgehead atoms. The molecule has 8 aromatic carbocycles. The van der Waals surface area contributed by atoms with Crippen LogP contribution in [0.3, 0.4) is 0 Å². The number of hydrogen-bond acceptors (Lipinski definition) is 2. The van der Waals surface area contributed by atoms with Crippen LogP contribution < -0.4 is 9.80 Å². The predicted octanol–water partition coefficient (Wildman–Crippen LogP) is 14.4. The standard InChI is InChI=1S/C55H44N2/c1-3-14-38(15-4-1)43-18-10-12-25-51(43)57(42-29-27-39-32-33-56(53(39)35-42)41-16-5-2-6-17-41)52-31-30-45(44-19-7-8-20-46(44)52)47-22-13-24-50-54(47)48-21-9-11-23-49(48)55(50)36-37-26-28-40(55)34-37/h1-25,27,29-31,35,37,40H,26,28,32-34,36H2. The van der Waals surface area contributed by atoms with E-state index in [9.17, 15) is 0 Å². The second-order valence-electron chi connectivity index (χ2n) is 16.8. The lowest BCUT2D eigenvalue weighted by Gasteiger charge is -2.36. The summed E-state index contributed by atoms with van der Waals surface area (Å²) in [7, 11) is 0. The lowest BCUT2D eigenvalue weighted by molar-refractivity contribution is 0.327. The zero-order chi connectivity index (χ0) is 37.5. The molecule has 274 valence electrons. The summed E-state index contributed by atoms with van der Waals surface area (Å²) in [6.07, 6.45) is 6.46. The molecule has 8 aromatic rings. The SMILES string of the molecule is c1ccc(-c2ccccc2N(c2ccc3c(c2)N(c2ccccc2)CC3)c2ccc(-c3cccc4c3-c3ccccc3C43CC4CCC3C4)c3ccccc23)cc1. The van der Waals surface area contributed by atoms with Crippen LogP contribution in [0.25, 0.3) is 44.2 Å². The summed E-state index contributed by atoms with van der Waals surface area (Å²) in [6.45, 7) is 0.980. The van der Waals surface area contributed by atoms with Crippen molar-refractivity contribution in [1.82, 2.24) is 0 Å². The Bertz CT molecular complexity index is 2840. The van der Waals surface area contributed by atoms with Crippen LogP contribution in [-0.4, -0.2) is 6.54 Å². The molecule has 3 aliphatic carbocycles. The van der Waals surface area contributed by atoms with Crippen molar-refractivity contribution in [2.45, 2.75) is 37.5 Å². The molecule has 2 saturated carbocycles. The van der Waals surface area contributed by atoms with Gasteiger partial charge in [0.1, 0.15) is 0 Å². The highest BCUT2D eigenvalue weighted by atomic mass is 15.2. The van der Waals surface area contributed by atoms with Gasteiger partial charge in [-0.3, -0.25) is 0 Å². The Morgan fingerprint density at radius 2 is 1.25 bits per heavy atom. The molecule has 1 spiro atoms. The highest BCUT2D eigenvalue weighted by Gasteiger charge is 2.57. The fourth-order valence-corrected chi connectivity index (χ4v) is 11.7. The third-order valence-electron chi connectivity index (χ3n) is 14.0. The molecule has 57 heavy (non-hydrogen) atoms. The molecule has 1 heterocycles. The van der Waals surface area contributed by atoms with Crippen LogP contribution in [0.2, 0.25) is 0 Å². The zero-order valence-electron chi connectivity index (χ0n) is 32.1. The molecule has 4 aliphatic rings. The molecule has 2 heteroatoms. The van der Waals surface area contributed by atoms with Crippen LogP contribution in [0, 0.1) is 11.8 Å². The summed E-state index contributed by atoms with van der Waals surface area (Å²) in [5.41, 5.74) is 18.7. The smallest absolute Gasteiger partial charge is 0.0540 e. The number of anilines is 5. The van der Waals surface area contributed by atoms with Gasteiger partial charge in [-0.15, -0.1) is 0 Å². The van der Waals surface area contributed by atoms with Crippen molar-refractivity contribution in [3.8, 4) is 33.4 Å². The first-order chi connectivity index (χ1) is 28.3. The third kappa shape index (κ3) is 4.89. The number of hydrogen-bond donors (Lipinski definition) is 0. The summed E-state index contributed by atoms with van der Waals surface area (Å²) >= 11 is 0. The third-order valence-corrected chi connectivity index (χ3v) is 14.0. The number of benzene rings is 8. The molecule has 2 fully saturated rings. The molecule has 2 nitrogen and oxygen atoms in total. The van der Waals surface area contributed by atoms with Crippen LogP contribution in [0.4, 0.5) is 28.4 Å². The molecule has 12 rings (SSSR count). The second-order valence-corrected chi connectivity index (χ2v) is 16.8. The van der Waals surface area contributed by atoms with E-state index >= 15 is 0 Å². The highest BCUT2D eigenvalue weighted by molar-refractivity contribution is 6.10. The Balaban J connectivity index is 1.08. The summed E-state index contributed by atoms with van der Waals surface area (Å²) in [4.78, 5) is 5.00. The van der Waals surface area contributed by atoms with Gasteiger partial charge in [0.15, 0.2) is 0 Å².